The number of hydrogen-bond acceptors (Lipinski definition) is 2. The molecule has 0 radical (unpaired) electrons. The normalized spacial score (nSPS) is 11.2. The molecule has 14 heavy (non-hydrogen) atoms. The van der Waals surface area contributed by atoms with Crippen LogP contribution in [0, 0.1) is 0 Å². The molecule has 0 spiro atoms. The van der Waals surface area contributed by atoms with Crippen molar-refractivity contribution < 1.29 is 17.9 Å². The van der Waals surface area contributed by atoms with Crippen LogP contribution < -0.4 is 9.64 Å². The van der Waals surface area contributed by atoms with Crippen LogP contribution in [0.5, 0.6) is 5.75 Å². The van der Waals surface area contributed by atoms with E-state index in [9.17, 15) is 13.2 Å². The molecule has 1 rings (SSSR count). The Hall–Kier alpha value is -1.39. The maximum absolute atomic E-state index is 12.3. The zero-order chi connectivity index (χ0) is 10.8. The Morgan fingerprint density at radius 2 is 1.79 bits per heavy atom. The van der Waals surface area contributed by atoms with Crippen LogP contribution in [0.25, 0.3) is 0 Å². The molecule has 0 atom stereocenters. The summed E-state index contributed by atoms with van der Waals surface area (Å²) in [4.78, 5) is 0.214. The first-order valence-corrected chi connectivity index (χ1v) is 3.90. The SMILES string of the molecule is COc1ccccc1N(C)C(F)(F)F. The quantitative estimate of drug-likeness (QED) is 0.688. The molecule has 0 fully saturated rings. The lowest BCUT2D eigenvalue weighted by molar-refractivity contribution is -0.125. The summed E-state index contributed by atoms with van der Waals surface area (Å²) in [6.07, 6.45) is -4.39. The number of para-hydroxylation sites is 2. The van der Waals surface area contributed by atoms with Gasteiger partial charge in [0.2, 0.25) is 0 Å². The number of halogens is 3. The van der Waals surface area contributed by atoms with Gasteiger partial charge in [0.15, 0.2) is 0 Å². The van der Waals surface area contributed by atoms with Gasteiger partial charge in [-0.2, -0.15) is 13.2 Å². The van der Waals surface area contributed by atoms with Gasteiger partial charge in [-0.3, -0.25) is 4.90 Å². The van der Waals surface area contributed by atoms with Gasteiger partial charge >= 0.3 is 6.30 Å². The molecule has 0 saturated carbocycles. The second-order valence-corrected chi connectivity index (χ2v) is 2.70. The number of rotatable bonds is 2. The molecular formula is C9H10F3NO. The van der Waals surface area contributed by atoms with Gasteiger partial charge in [0.05, 0.1) is 12.8 Å². The minimum atomic E-state index is -4.39. The highest BCUT2D eigenvalue weighted by molar-refractivity contribution is 5.58. The number of ether oxygens (including phenoxy) is 1. The van der Waals surface area contributed by atoms with E-state index >= 15 is 0 Å². The van der Waals surface area contributed by atoms with Gasteiger partial charge in [0.1, 0.15) is 5.75 Å². The van der Waals surface area contributed by atoms with Crippen molar-refractivity contribution in [1.29, 1.82) is 0 Å². The Labute approximate surface area is 79.9 Å². The van der Waals surface area contributed by atoms with Crippen molar-refractivity contribution in [1.82, 2.24) is 0 Å². The number of hydrogen-bond donors (Lipinski definition) is 0. The highest BCUT2D eigenvalue weighted by Gasteiger charge is 2.35. The van der Waals surface area contributed by atoms with E-state index in [1.54, 1.807) is 6.07 Å². The van der Waals surface area contributed by atoms with Gasteiger partial charge in [0.25, 0.3) is 0 Å². The van der Waals surface area contributed by atoms with Crippen LogP contribution in [0.1, 0.15) is 0 Å². The lowest BCUT2D eigenvalue weighted by Gasteiger charge is -2.23. The fraction of sp³-hybridized carbons (Fsp3) is 0.333. The smallest absolute Gasteiger partial charge is 0.484 e. The molecule has 1 aromatic rings. The molecule has 0 aliphatic heterocycles. The zero-order valence-corrected chi connectivity index (χ0v) is 7.80. The monoisotopic (exact) mass is 205 g/mol. The summed E-state index contributed by atoms with van der Waals surface area (Å²) in [5, 5.41) is 0. The second-order valence-electron chi connectivity index (χ2n) is 2.70. The zero-order valence-electron chi connectivity index (χ0n) is 7.80. The largest absolute Gasteiger partial charge is 0.495 e. The van der Waals surface area contributed by atoms with Crippen LogP contribution in [-0.4, -0.2) is 20.5 Å². The number of benzene rings is 1. The summed E-state index contributed by atoms with van der Waals surface area (Å²) >= 11 is 0. The summed E-state index contributed by atoms with van der Waals surface area (Å²) in [5.41, 5.74) is 0.00231. The fourth-order valence-electron chi connectivity index (χ4n) is 1.04. The van der Waals surface area contributed by atoms with Crippen molar-refractivity contribution in [3.05, 3.63) is 24.3 Å². The Kier molecular flexibility index (Phi) is 2.88. The fourth-order valence-corrected chi connectivity index (χ4v) is 1.04. The van der Waals surface area contributed by atoms with Crippen LogP contribution in [0.15, 0.2) is 24.3 Å². The van der Waals surface area contributed by atoms with Crippen LogP contribution in [0.4, 0.5) is 18.9 Å². The first-order valence-electron chi connectivity index (χ1n) is 3.90. The Morgan fingerprint density at radius 1 is 1.21 bits per heavy atom. The Bertz CT molecular complexity index is 311. The first-order chi connectivity index (χ1) is 6.46. The summed E-state index contributed by atoms with van der Waals surface area (Å²) < 4.78 is 41.8. The van der Waals surface area contributed by atoms with E-state index in [0.717, 1.165) is 7.05 Å². The third-order valence-corrected chi connectivity index (χ3v) is 1.83. The molecular weight excluding hydrogens is 195 g/mol. The average Bonchev–Trinajstić information content (AvgIpc) is 2.15. The lowest BCUT2D eigenvalue weighted by atomic mass is 10.3. The van der Waals surface area contributed by atoms with Gasteiger partial charge < -0.3 is 4.74 Å². The number of alkyl halides is 3. The molecule has 2 nitrogen and oxygen atoms in total. The molecule has 0 saturated heterocycles. The van der Waals surface area contributed by atoms with Crippen molar-refractivity contribution in [3.8, 4) is 5.75 Å². The van der Waals surface area contributed by atoms with Crippen LogP contribution in [-0.2, 0) is 0 Å². The molecule has 0 aliphatic rings. The summed E-state index contributed by atoms with van der Waals surface area (Å²) in [6, 6.07) is 5.98. The predicted octanol–water partition coefficient (Wildman–Crippen LogP) is 2.65. The molecule has 0 amide bonds. The van der Waals surface area contributed by atoms with Gasteiger partial charge in [-0.1, -0.05) is 12.1 Å². The highest BCUT2D eigenvalue weighted by atomic mass is 19.4. The third kappa shape index (κ3) is 2.10. The Morgan fingerprint density at radius 3 is 2.29 bits per heavy atom. The third-order valence-electron chi connectivity index (χ3n) is 1.83. The topological polar surface area (TPSA) is 12.5 Å². The van der Waals surface area contributed by atoms with Gasteiger partial charge in [-0.05, 0) is 12.1 Å². The van der Waals surface area contributed by atoms with Crippen molar-refractivity contribution in [3.63, 3.8) is 0 Å². The van der Waals surface area contributed by atoms with E-state index in [0.29, 0.717) is 0 Å². The minimum absolute atomic E-state index is 0.00231. The van der Waals surface area contributed by atoms with Crippen molar-refractivity contribution >= 4 is 5.69 Å². The van der Waals surface area contributed by atoms with E-state index in [-0.39, 0.29) is 16.3 Å². The first kappa shape index (κ1) is 10.7. The van der Waals surface area contributed by atoms with Gasteiger partial charge in [0, 0.05) is 7.05 Å². The molecule has 1 aromatic carbocycles. The van der Waals surface area contributed by atoms with E-state index in [2.05, 4.69) is 0 Å². The average molecular weight is 205 g/mol. The van der Waals surface area contributed by atoms with Crippen LogP contribution in [0.2, 0.25) is 0 Å². The highest BCUT2D eigenvalue weighted by Crippen LogP contribution is 2.33. The second kappa shape index (κ2) is 3.77. The summed E-state index contributed by atoms with van der Waals surface area (Å²) in [6.45, 7) is 0. The molecule has 0 aliphatic carbocycles. The molecule has 0 unspecified atom stereocenters. The molecule has 0 N–H and O–H groups in total. The molecule has 78 valence electrons. The lowest BCUT2D eigenvalue weighted by Crippen LogP contribution is -2.34. The molecule has 0 aromatic heterocycles. The van der Waals surface area contributed by atoms with E-state index in [4.69, 9.17) is 4.74 Å². The minimum Gasteiger partial charge on any atom is -0.495 e. The number of nitrogens with zero attached hydrogens (tertiary/aromatic N) is 1. The molecule has 0 heterocycles. The summed E-state index contributed by atoms with van der Waals surface area (Å²) in [5.74, 6) is 0.201. The predicted molar refractivity (Wildman–Crippen MR) is 47.5 cm³/mol. The van der Waals surface area contributed by atoms with E-state index < -0.39 is 6.30 Å². The maximum Gasteiger partial charge on any atom is 0.484 e. The van der Waals surface area contributed by atoms with Crippen molar-refractivity contribution in [2.24, 2.45) is 0 Å². The van der Waals surface area contributed by atoms with E-state index in [1.807, 2.05) is 0 Å². The van der Waals surface area contributed by atoms with Gasteiger partial charge in [-0.25, -0.2) is 0 Å². The van der Waals surface area contributed by atoms with Gasteiger partial charge in [-0.15, -0.1) is 0 Å². The Balaban J connectivity index is 3.06. The van der Waals surface area contributed by atoms with Crippen LogP contribution in [0.3, 0.4) is 0 Å². The maximum atomic E-state index is 12.3. The standard InChI is InChI=1S/C9H10F3NO/c1-13(9(10,11)12)7-5-3-4-6-8(7)14-2/h3-6H,1-2H3. The molecule has 0 bridgehead atoms. The van der Waals surface area contributed by atoms with E-state index in [1.165, 1.54) is 25.3 Å². The summed E-state index contributed by atoms with van der Waals surface area (Å²) in [7, 11) is 2.29. The molecule has 5 heteroatoms. The number of methoxy groups -OCH3 is 1. The van der Waals surface area contributed by atoms with Crippen molar-refractivity contribution in [2.75, 3.05) is 19.1 Å². The van der Waals surface area contributed by atoms with Crippen molar-refractivity contribution in [2.45, 2.75) is 6.30 Å². The van der Waals surface area contributed by atoms with Crippen LogP contribution >= 0.6 is 0 Å². The number of anilines is 1.